The quantitative estimate of drug-likeness (QED) is 0.713. The van der Waals surface area contributed by atoms with Crippen molar-refractivity contribution in [2.24, 2.45) is 0 Å². The van der Waals surface area contributed by atoms with Crippen molar-refractivity contribution in [2.45, 2.75) is 0 Å². The van der Waals surface area contributed by atoms with E-state index in [4.69, 9.17) is 4.74 Å². The van der Waals surface area contributed by atoms with Crippen LogP contribution in [0.2, 0.25) is 0 Å². The molecular weight excluding hydrogens is 356 g/mol. The molecule has 23 heavy (non-hydrogen) atoms. The normalized spacial score (nSPS) is 10.1. The number of ether oxygens (including phenoxy) is 1. The molecule has 0 unspecified atom stereocenters. The molecule has 1 heterocycles. The number of nitrogens with one attached hydrogen (secondary N) is 1. The predicted molar refractivity (Wildman–Crippen MR) is 92.8 cm³/mol. The summed E-state index contributed by atoms with van der Waals surface area (Å²) in [5, 5.41) is 2.86. The first kappa shape index (κ1) is 15.2. The van der Waals surface area contributed by atoms with E-state index >= 15 is 0 Å². The highest BCUT2D eigenvalue weighted by atomic mass is 79.9. The minimum Gasteiger partial charge on any atom is -0.457 e. The lowest BCUT2D eigenvalue weighted by Gasteiger charge is -2.09. The van der Waals surface area contributed by atoms with Gasteiger partial charge in [0.05, 0.1) is 0 Å². The minimum atomic E-state index is -0.174. The van der Waals surface area contributed by atoms with E-state index in [-0.39, 0.29) is 5.91 Å². The number of nitrogens with zero attached hydrogens (tertiary/aromatic N) is 1. The molecular formula is C18H13BrN2O2. The fourth-order valence-electron chi connectivity index (χ4n) is 2.01. The number of aromatic nitrogens is 1. The van der Waals surface area contributed by atoms with Gasteiger partial charge in [0.2, 0.25) is 0 Å². The van der Waals surface area contributed by atoms with E-state index in [2.05, 4.69) is 26.2 Å². The van der Waals surface area contributed by atoms with Crippen molar-refractivity contribution in [1.82, 2.24) is 4.98 Å². The van der Waals surface area contributed by atoms with Gasteiger partial charge in [0.15, 0.2) is 0 Å². The Balaban J connectivity index is 1.74. The number of carbonyl (C=O) groups is 1. The number of halogens is 1. The molecule has 1 N–H and O–H groups in total. The van der Waals surface area contributed by atoms with Gasteiger partial charge in [0, 0.05) is 34.2 Å². The Morgan fingerprint density at radius 1 is 0.957 bits per heavy atom. The summed E-state index contributed by atoms with van der Waals surface area (Å²) in [6, 6.07) is 18.0. The monoisotopic (exact) mass is 368 g/mol. The number of hydrogen-bond donors (Lipinski definition) is 1. The van der Waals surface area contributed by atoms with Gasteiger partial charge < -0.3 is 10.1 Å². The van der Waals surface area contributed by atoms with E-state index in [1.807, 2.05) is 30.3 Å². The van der Waals surface area contributed by atoms with Crippen LogP contribution in [0.3, 0.4) is 0 Å². The van der Waals surface area contributed by atoms with Gasteiger partial charge in [0.25, 0.3) is 5.91 Å². The lowest BCUT2D eigenvalue weighted by atomic mass is 10.2. The van der Waals surface area contributed by atoms with Crippen LogP contribution in [-0.2, 0) is 0 Å². The number of rotatable bonds is 4. The van der Waals surface area contributed by atoms with E-state index in [9.17, 15) is 4.79 Å². The van der Waals surface area contributed by atoms with Crippen LogP contribution in [0.15, 0.2) is 77.5 Å². The van der Waals surface area contributed by atoms with Crippen LogP contribution in [0.4, 0.5) is 5.69 Å². The summed E-state index contributed by atoms with van der Waals surface area (Å²) in [5.41, 5.74) is 1.25. The summed E-state index contributed by atoms with van der Waals surface area (Å²) in [7, 11) is 0. The van der Waals surface area contributed by atoms with E-state index in [0.29, 0.717) is 22.7 Å². The van der Waals surface area contributed by atoms with Gasteiger partial charge in [0.1, 0.15) is 11.5 Å². The van der Waals surface area contributed by atoms with Gasteiger partial charge in [-0.1, -0.05) is 28.1 Å². The van der Waals surface area contributed by atoms with Crippen LogP contribution in [0, 0.1) is 0 Å². The van der Waals surface area contributed by atoms with E-state index in [0.717, 1.165) is 4.47 Å². The first-order chi connectivity index (χ1) is 11.2. The molecule has 4 nitrogen and oxygen atoms in total. The van der Waals surface area contributed by atoms with Gasteiger partial charge >= 0.3 is 0 Å². The summed E-state index contributed by atoms with van der Waals surface area (Å²) in [5.74, 6) is 1.16. The second-order valence-corrected chi connectivity index (χ2v) is 5.69. The first-order valence-electron chi connectivity index (χ1n) is 6.95. The number of pyridine rings is 1. The Bertz CT molecular complexity index is 822. The largest absolute Gasteiger partial charge is 0.457 e. The zero-order chi connectivity index (χ0) is 16.1. The van der Waals surface area contributed by atoms with Crippen LogP contribution >= 0.6 is 15.9 Å². The van der Waals surface area contributed by atoms with Crippen molar-refractivity contribution < 1.29 is 9.53 Å². The number of carbonyl (C=O) groups excluding carboxylic acids is 1. The Morgan fingerprint density at radius 2 is 1.74 bits per heavy atom. The van der Waals surface area contributed by atoms with Crippen LogP contribution in [0.25, 0.3) is 0 Å². The zero-order valence-electron chi connectivity index (χ0n) is 12.1. The molecule has 0 aliphatic rings. The number of anilines is 1. The summed E-state index contributed by atoms with van der Waals surface area (Å²) >= 11 is 3.36. The van der Waals surface area contributed by atoms with Crippen LogP contribution < -0.4 is 10.1 Å². The third-order valence-electron chi connectivity index (χ3n) is 3.06. The SMILES string of the molecule is O=C(Nc1cccc(Oc2ccncc2)c1)c1cccc(Br)c1. The smallest absolute Gasteiger partial charge is 0.255 e. The lowest BCUT2D eigenvalue weighted by Crippen LogP contribution is -2.11. The molecule has 114 valence electrons. The lowest BCUT2D eigenvalue weighted by molar-refractivity contribution is 0.102. The molecule has 0 aliphatic carbocycles. The van der Waals surface area contributed by atoms with Gasteiger partial charge in [-0.15, -0.1) is 0 Å². The van der Waals surface area contributed by atoms with Crippen LogP contribution in [0.5, 0.6) is 11.5 Å². The van der Waals surface area contributed by atoms with Crippen molar-refractivity contribution in [3.8, 4) is 11.5 Å². The Kier molecular flexibility index (Phi) is 4.68. The van der Waals surface area contributed by atoms with E-state index in [1.165, 1.54) is 0 Å². The fourth-order valence-corrected chi connectivity index (χ4v) is 2.41. The van der Waals surface area contributed by atoms with Gasteiger partial charge in [-0.2, -0.15) is 0 Å². The number of amides is 1. The molecule has 0 atom stereocenters. The third kappa shape index (κ3) is 4.17. The Hall–Kier alpha value is -2.66. The van der Waals surface area contributed by atoms with Crippen LogP contribution in [-0.4, -0.2) is 10.9 Å². The standard InChI is InChI=1S/C18H13BrN2O2/c19-14-4-1-3-13(11-14)18(22)21-15-5-2-6-17(12-15)23-16-7-9-20-10-8-16/h1-12H,(H,21,22). The predicted octanol–water partition coefficient (Wildman–Crippen LogP) is 4.89. The van der Waals surface area contributed by atoms with Crippen molar-refractivity contribution >= 4 is 27.5 Å². The molecule has 3 rings (SSSR count). The van der Waals surface area contributed by atoms with Crippen molar-refractivity contribution in [3.05, 3.63) is 83.1 Å². The molecule has 2 aromatic carbocycles. The van der Waals surface area contributed by atoms with Crippen LogP contribution in [0.1, 0.15) is 10.4 Å². The van der Waals surface area contributed by atoms with Crippen molar-refractivity contribution in [1.29, 1.82) is 0 Å². The van der Waals surface area contributed by atoms with Crippen molar-refractivity contribution in [2.75, 3.05) is 5.32 Å². The number of benzene rings is 2. The second-order valence-electron chi connectivity index (χ2n) is 4.78. The topological polar surface area (TPSA) is 51.2 Å². The Labute approximate surface area is 142 Å². The highest BCUT2D eigenvalue weighted by Gasteiger charge is 2.07. The second kappa shape index (κ2) is 7.07. The minimum absolute atomic E-state index is 0.174. The molecule has 0 spiro atoms. The molecule has 3 aromatic rings. The molecule has 1 amide bonds. The molecule has 0 bridgehead atoms. The molecule has 1 aromatic heterocycles. The average Bonchev–Trinajstić information content (AvgIpc) is 2.56. The summed E-state index contributed by atoms with van der Waals surface area (Å²) in [6.07, 6.45) is 3.32. The molecule has 5 heteroatoms. The maximum absolute atomic E-state index is 12.3. The van der Waals surface area contributed by atoms with E-state index < -0.39 is 0 Å². The molecule has 0 saturated heterocycles. The van der Waals surface area contributed by atoms with Gasteiger partial charge in [-0.25, -0.2) is 0 Å². The van der Waals surface area contributed by atoms with E-state index in [1.54, 1.807) is 42.7 Å². The summed E-state index contributed by atoms with van der Waals surface area (Å²) < 4.78 is 6.59. The highest BCUT2D eigenvalue weighted by Crippen LogP contribution is 2.24. The maximum Gasteiger partial charge on any atom is 0.255 e. The van der Waals surface area contributed by atoms with Gasteiger partial charge in [-0.3, -0.25) is 9.78 Å². The highest BCUT2D eigenvalue weighted by molar-refractivity contribution is 9.10. The zero-order valence-corrected chi connectivity index (χ0v) is 13.7. The molecule has 0 fully saturated rings. The van der Waals surface area contributed by atoms with Gasteiger partial charge in [-0.05, 0) is 42.5 Å². The van der Waals surface area contributed by atoms with Crippen molar-refractivity contribution in [3.63, 3.8) is 0 Å². The first-order valence-corrected chi connectivity index (χ1v) is 7.75. The molecule has 0 saturated carbocycles. The maximum atomic E-state index is 12.3. The molecule has 0 radical (unpaired) electrons. The fraction of sp³-hybridized carbons (Fsp3) is 0. The number of hydrogen-bond acceptors (Lipinski definition) is 3. The Morgan fingerprint density at radius 3 is 2.52 bits per heavy atom. The summed E-state index contributed by atoms with van der Waals surface area (Å²) in [6.45, 7) is 0. The third-order valence-corrected chi connectivity index (χ3v) is 3.56. The average molecular weight is 369 g/mol. The molecule has 0 aliphatic heterocycles. The summed E-state index contributed by atoms with van der Waals surface area (Å²) in [4.78, 5) is 16.2.